The zero-order chi connectivity index (χ0) is 15.8. The van der Waals surface area contributed by atoms with Crippen molar-refractivity contribution in [3.05, 3.63) is 28.0 Å². The molecule has 116 valence electrons. The van der Waals surface area contributed by atoms with Crippen molar-refractivity contribution in [2.24, 2.45) is 0 Å². The number of carboxylic acid groups (broad SMARTS) is 1. The van der Waals surface area contributed by atoms with Crippen molar-refractivity contribution in [1.82, 2.24) is 4.90 Å². The van der Waals surface area contributed by atoms with E-state index >= 15 is 0 Å². The molecule has 0 radical (unpaired) electrons. The van der Waals surface area contributed by atoms with Gasteiger partial charge in [0, 0.05) is 28.9 Å². The second kappa shape index (κ2) is 8.62. The van der Waals surface area contributed by atoms with E-state index in [4.69, 9.17) is 5.11 Å². The van der Waals surface area contributed by atoms with E-state index in [1.807, 2.05) is 18.7 Å². The molecule has 21 heavy (non-hydrogen) atoms. The predicted octanol–water partition coefficient (Wildman–Crippen LogP) is 3.89. The first kappa shape index (κ1) is 17.4. The Hall–Kier alpha value is -1.62. The molecule has 0 unspecified atom stereocenters. The molecular weight excluding hydrogens is 286 g/mol. The molecular formula is C16H23NO3S. The van der Waals surface area contributed by atoms with E-state index in [1.54, 1.807) is 11.4 Å². The number of aliphatic carboxylic acids is 1. The molecule has 5 heteroatoms. The van der Waals surface area contributed by atoms with Crippen LogP contribution in [-0.4, -0.2) is 34.5 Å². The second-order valence-electron chi connectivity index (χ2n) is 5.21. The lowest BCUT2D eigenvalue weighted by Gasteiger charge is -2.26. The number of carboxylic acids is 1. The standard InChI is InChI=1S/C16H23NO3S/c1-4-5-6-9-17(12(2)3)16(20)13-10-14(21-11-13)7-8-15(18)19/h7-8,10-12H,4-6,9H2,1-3H3,(H,18,19). The molecule has 0 atom stereocenters. The Bertz CT molecular complexity index is 505. The van der Waals surface area contributed by atoms with Crippen LogP contribution in [-0.2, 0) is 4.79 Å². The Morgan fingerprint density at radius 3 is 2.67 bits per heavy atom. The minimum atomic E-state index is -0.986. The molecule has 1 N–H and O–H groups in total. The summed E-state index contributed by atoms with van der Waals surface area (Å²) in [5, 5.41) is 10.4. The number of amides is 1. The van der Waals surface area contributed by atoms with Gasteiger partial charge in [0.05, 0.1) is 5.56 Å². The molecule has 0 saturated heterocycles. The summed E-state index contributed by atoms with van der Waals surface area (Å²) >= 11 is 1.38. The average Bonchev–Trinajstić information content (AvgIpc) is 2.89. The van der Waals surface area contributed by atoms with Gasteiger partial charge in [-0.2, -0.15) is 0 Å². The van der Waals surface area contributed by atoms with E-state index < -0.39 is 5.97 Å². The fraction of sp³-hybridized carbons (Fsp3) is 0.500. The van der Waals surface area contributed by atoms with Crippen LogP contribution in [0.5, 0.6) is 0 Å². The first-order chi connectivity index (χ1) is 9.95. The summed E-state index contributed by atoms with van der Waals surface area (Å²) in [5.41, 5.74) is 0.634. The predicted molar refractivity (Wildman–Crippen MR) is 86.7 cm³/mol. The quantitative estimate of drug-likeness (QED) is 0.585. The molecule has 1 aromatic rings. The molecule has 1 rings (SSSR count). The molecule has 0 saturated carbocycles. The number of hydrogen-bond donors (Lipinski definition) is 1. The van der Waals surface area contributed by atoms with Crippen molar-refractivity contribution in [1.29, 1.82) is 0 Å². The number of rotatable bonds is 8. The third-order valence-electron chi connectivity index (χ3n) is 3.14. The first-order valence-corrected chi connectivity index (χ1v) is 8.14. The van der Waals surface area contributed by atoms with Gasteiger partial charge >= 0.3 is 5.97 Å². The number of unbranched alkanes of at least 4 members (excludes halogenated alkanes) is 2. The van der Waals surface area contributed by atoms with Gasteiger partial charge in [-0.15, -0.1) is 11.3 Å². The lowest BCUT2D eigenvalue weighted by molar-refractivity contribution is -0.131. The fourth-order valence-corrected chi connectivity index (χ4v) is 2.77. The van der Waals surface area contributed by atoms with Gasteiger partial charge in [0.25, 0.3) is 5.91 Å². The van der Waals surface area contributed by atoms with Crippen LogP contribution >= 0.6 is 11.3 Å². The van der Waals surface area contributed by atoms with E-state index in [-0.39, 0.29) is 11.9 Å². The average molecular weight is 309 g/mol. The Labute approximate surface area is 130 Å². The third-order valence-corrected chi connectivity index (χ3v) is 4.04. The summed E-state index contributed by atoms with van der Waals surface area (Å²) in [6.45, 7) is 6.94. The molecule has 0 bridgehead atoms. The molecule has 0 spiro atoms. The van der Waals surface area contributed by atoms with Crippen molar-refractivity contribution in [2.45, 2.75) is 46.1 Å². The van der Waals surface area contributed by atoms with Crippen LogP contribution in [0.4, 0.5) is 0 Å². The van der Waals surface area contributed by atoms with Gasteiger partial charge in [-0.25, -0.2) is 4.79 Å². The van der Waals surface area contributed by atoms with Crippen LogP contribution in [0.2, 0.25) is 0 Å². The molecule has 1 amide bonds. The van der Waals surface area contributed by atoms with Gasteiger partial charge in [0.1, 0.15) is 0 Å². The van der Waals surface area contributed by atoms with Gasteiger partial charge in [-0.05, 0) is 32.4 Å². The van der Waals surface area contributed by atoms with Crippen LogP contribution in [0.15, 0.2) is 17.5 Å². The zero-order valence-corrected chi connectivity index (χ0v) is 13.7. The first-order valence-electron chi connectivity index (χ1n) is 7.26. The van der Waals surface area contributed by atoms with Crippen LogP contribution in [0.25, 0.3) is 6.08 Å². The lowest BCUT2D eigenvalue weighted by Crippen LogP contribution is -2.37. The Balaban J connectivity index is 2.77. The number of hydrogen-bond acceptors (Lipinski definition) is 3. The molecule has 0 aliphatic heterocycles. The van der Waals surface area contributed by atoms with Gasteiger partial charge < -0.3 is 10.0 Å². The maximum absolute atomic E-state index is 12.5. The van der Waals surface area contributed by atoms with Gasteiger partial charge in [-0.1, -0.05) is 19.8 Å². The maximum atomic E-state index is 12.5. The highest BCUT2D eigenvalue weighted by atomic mass is 32.1. The van der Waals surface area contributed by atoms with Crippen molar-refractivity contribution in [3.8, 4) is 0 Å². The Morgan fingerprint density at radius 1 is 1.38 bits per heavy atom. The molecule has 0 aliphatic rings. The van der Waals surface area contributed by atoms with Crippen LogP contribution < -0.4 is 0 Å². The highest BCUT2D eigenvalue weighted by Gasteiger charge is 2.19. The van der Waals surface area contributed by atoms with Crippen LogP contribution in [0.1, 0.15) is 55.3 Å². The van der Waals surface area contributed by atoms with Gasteiger partial charge in [0.15, 0.2) is 0 Å². The number of carbonyl (C=O) groups excluding carboxylic acids is 1. The maximum Gasteiger partial charge on any atom is 0.328 e. The fourth-order valence-electron chi connectivity index (χ4n) is 2.00. The van der Waals surface area contributed by atoms with E-state index in [2.05, 4.69) is 6.92 Å². The Kier molecular flexibility index (Phi) is 7.15. The van der Waals surface area contributed by atoms with Gasteiger partial charge in [0.2, 0.25) is 0 Å². The van der Waals surface area contributed by atoms with Crippen molar-refractivity contribution < 1.29 is 14.7 Å². The van der Waals surface area contributed by atoms with E-state index in [0.29, 0.717) is 5.56 Å². The van der Waals surface area contributed by atoms with Crippen LogP contribution in [0, 0.1) is 0 Å². The highest BCUT2D eigenvalue weighted by Crippen LogP contribution is 2.19. The van der Waals surface area contributed by atoms with Crippen LogP contribution in [0.3, 0.4) is 0 Å². The van der Waals surface area contributed by atoms with Gasteiger partial charge in [-0.3, -0.25) is 4.79 Å². The summed E-state index contributed by atoms with van der Waals surface area (Å²) in [5.74, 6) is -0.966. The van der Waals surface area contributed by atoms with Crippen molar-refractivity contribution in [3.63, 3.8) is 0 Å². The molecule has 4 nitrogen and oxygen atoms in total. The SMILES string of the molecule is CCCCCN(C(=O)c1csc(C=CC(=O)O)c1)C(C)C. The number of carbonyl (C=O) groups is 2. The molecule has 0 fully saturated rings. The number of nitrogens with zero attached hydrogens (tertiary/aromatic N) is 1. The summed E-state index contributed by atoms with van der Waals surface area (Å²) in [7, 11) is 0. The summed E-state index contributed by atoms with van der Waals surface area (Å²) < 4.78 is 0. The number of thiophene rings is 1. The van der Waals surface area contributed by atoms with E-state index in [1.165, 1.54) is 17.4 Å². The summed E-state index contributed by atoms with van der Waals surface area (Å²) in [6, 6.07) is 1.91. The lowest BCUT2D eigenvalue weighted by atomic mass is 10.2. The van der Waals surface area contributed by atoms with E-state index in [0.717, 1.165) is 36.8 Å². The van der Waals surface area contributed by atoms with E-state index in [9.17, 15) is 9.59 Å². The van der Waals surface area contributed by atoms with Crippen molar-refractivity contribution >= 4 is 29.3 Å². The molecule has 0 aromatic carbocycles. The molecule has 1 aromatic heterocycles. The summed E-state index contributed by atoms with van der Waals surface area (Å²) in [6.07, 6.45) is 5.86. The Morgan fingerprint density at radius 2 is 2.10 bits per heavy atom. The molecule has 0 aliphatic carbocycles. The van der Waals surface area contributed by atoms with Crippen molar-refractivity contribution in [2.75, 3.05) is 6.54 Å². The second-order valence-corrected chi connectivity index (χ2v) is 6.15. The largest absolute Gasteiger partial charge is 0.478 e. The third kappa shape index (κ3) is 5.71. The summed E-state index contributed by atoms with van der Waals surface area (Å²) in [4.78, 5) is 25.7. The smallest absolute Gasteiger partial charge is 0.328 e. The zero-order valence-electron chi connectivity index (χ0n) is 12.8. The normalized spacial score (nSPS) is 11.2. The molecule has 1 heterocycles. The minimum Gasteiger partial charge on any atom is -0.478 e. The monoisotopic (exact) mass is 309 g/mol. The topological polar surface area (TPSA) is 57.6 Å². The minimum absolute atomic E-state index is 0.0207. The highest BCUT2D eigenvalue weighted by molar-refractivity contribution is 7.11.